The van der Waals surface area contributed by atoms with Crippen LogP contribution in [0.3, 0.4) is 0 Å². The summed E-state index contributed by atoms with van der Waals surface area (Å²) in [7, 11) is 3.08. The van der Waals surface area contributed by atoms with Crippen molar-refractivity contribution in [2.24, 2.45) is 4.99 Å². The predicted molar refractivity (Wildman–Crippen MR) is 170 cm³/mol. The van der Waals surface area contributed by atoms with Gasteiger partial charge in [-0.05, 0) is 88.9 Å². The highest BCUT2D eigenvalue weighted by Crippen LogP contribution is 2.36. The molecule has 43 heavy (non-hydrogen) atoms. The molecule has 0 aliphatic carbocycles. The zero-order chi connectivity index (χ0) is 30.7. The first-order chi connectivity index (χ1) is 20.7. The number of hydrogen-bond acceptors (Lipinski definition) is 8. The minimum atomic E-state index is -0.771. The van der Waals surface area contributed by atoms with Gasteiger partial charge in [0.05, 0.1) is 47.1 Å². The van der Waals surface area contributed by atoms with Crippen molar-refractivity contribution in [3.63, 3.8) is 0 Å². The number of nitrogens with zero attached hydrogens (tertiary/aromatic N) is 2. The molecule has 0 unspecified atom stereocenters. The summed E-state index contributed by atoms with van der Waals surface area (Å²) in [6.45, 7) is 4.05. The Morgan fingerprint density at radius 2 is 1.77 bits per heavy atom. The highest BCUT2D eigenvalue weighted by molar-refractivity contribution is 9.10. The molecule has 0 spiro atoms. The van der Waals surface area contributed by atoms with Crippen molar-refractivity contribution in [3.8, 4) is 17.2 Å². The van der Waals surface area contributed by atoms with Gasteiger partial charge >= 0.3 is 5.97 Å². The Kier molecular flexibility index (Phi) is 9.39. The Bertz CT molecular complexity index is 1900. The number of halogens is 2. The minimum Gasteiger partial charge on any atom is -0.493 e. The minimum absolute atomic E-state index is 0.187. The summed E-state index contributed by atoms with van der Waals surface area (Å²) in [5.41, 5.74) is 2.93. The van der Waals surface area contributed by atoms with Gasteiger partial charge < -0.3 is 18.9 Å². The summed E-state index contributed by atoms with van der Waals surface area (Å²) in [5.74, 6) is 1.14. The lowest BCUT2D eigenvalue weighted by Gasteiger charge is -2.25. The van der Waals surface area contributed by atoms with E-state index >= 15 is 0 Å². The van der Waals surface area contributed by atoms with E-state index in [1.165, 1.54) is 23.0 Å². The largest absolute Gasteiger partial charge is 0.493 e. The maximum Gasteiger partial charge on any atom is 0.338 e. The Morgan fingerprint density at radius 1 is 1.05 bits per heavy atom. The highest BCUT2D eigenvalue weighted by atomic mass is 79.9. The Balaban J connectivity index is 1.54. The Hall–Kier alpha value is -3.86. The molecule has 1 aliphatic heterocycles. The molecule has 5 rings (SSSR count). The van der Waals surface area contributed by atoms with Crippen LogP contribution in [-0.4, -0.2) is 31.4 Å². The molecular weight excluding hydrogens is 656 g/mol. The fraction of sp³-hybridized carbons (Fsp3) is 0.219. The third-order valence-corrected chi connectivity index (χ3v) is 8.66. The summed E-state index contributed by atoms with van der Waals surface area (Å²) < 4.78 is 25.0. The molecule has 1 aromatic heterocycles. The van der Waals surface area contributed by atoms with Gasteiger partial charge in [0.2, 0.25) is 0 Å². The van der Waals surface area contributed by atoms with E-state index in [-0.39, 0.29) is 17.7 Å². The maximum atomic E-state index is 14.0. The number of benzene rings is 3. The van der Waals surface area contributed by atoms with Gasteiger partial charge in [-0.3, -0.25) is 9.36 Å². The highest BCUT2D eigenvalue weighted by Gasteiger charge is 2.34. The second-order valence-electron chi connectivity index (χ2n) is 9.52. The molecule has 0 amide bonds. The van der Waals surface area contributed by atoms with Gasteiger partial charge in [0, 0.05) is 5.02 Å². The summed E-state index contributed by atoms with van der Waals surface area (Å²) in [4.78, 5) is 32.2. The number of thiazole rings is 1. The number of ether oxygens (including phenoxy) is 4. The van der Waals surface area contributed by atoms with E-state index in [1.54, 1.807) is 45.2 Å². The second-order valence-corrected chi connectivity index (χ2v) is 11.8. The molecule has 0 bridgehead atoms. The Labute approximate surface area is 265 Å². The summed E-state index contributed by atoms with van der Waals surface area (Å²) in [5, 5.41) is 0.668. The van der Waals surface area contributed by atoms with Crippen molar-refractivity contribution in [2.75, 3.05) is 20.8 Å². The lowest BCUT2D eigenvalue weighted by Crippen LogP contribution is -2.39. The van der Waals surface area contributed by atoms with E-state index in [0.29, 0.717) is 49.5 Å². The third-order valence-electron chi connectivity index (χ3n) is 6.80. The maximum absolute atomic E-state index is 14.0. The number of carbonyl (C=O) groups is 1. The molecule has 0 saturated heterocycles. The molecule has 1 aliphatic rings. The van der Waals surface area contributed by atoms with Crippen molar-refractivity contribution >= 4 is 50.9 Å². The van der Waals surface area contributed by atoms with Crippen molar-refractivity contribution in [1.82, 2.24) is 4.57 Å². The second kappa shape index (κ2) is 13.2. The van der Waals surface area contributed by atoms with Crippen molar-refractivity contribution in [1.29, 1.82) is 0 Å². The van der Waals surface area contributed by atoms with Crippen LogP contribution in [0.25, 0.3) is 6.08 Å². The average molecular weight is 684 g/mol. The molecule has 11 heteroatoms. The molecule has 1 atom stereocenters. The number of aromatic nitrogens is 1. The topological polar surface area (TPSA) is 88.4 Å². The van der Waals surface area contributed by atoms with Crippen LogP contribution in [0.2, 0.25) is 5.02 Å². The summed E-state index contributed by atoms with van der Waals surface area (Å²) in [6, 6.07) is 17.6. The molecule has 0 saturated carbocycles. The van der Waals surface area contributed by atoms with Gasteiger partial charge in [0.25, 0.3) is 5.56 Å². The van der Waals surface area contributed by atoms with E-state index in [9.17, 15) is 9.59 Å². The van der Waals surface area contributed by atoms with E-state index in [2.05, 4.69) is 20.9 Å². The molecule has 8 nitrogen and oxygen atoms in total. The molecular formula is C32H28BrClN2O6S. The monoisotopic (exact) mass is 682 g/mol. The lowest BCUT2D eigenvalue weighted by atomic mass is 9.95. The van der Waals surface area contributed by atoms with Crippen LogP contribution in [0.5, 0.6) is 17.2 Å². The number of allylic oxidation sites excluding steroid dienone is 1. The number of esters is 1. The predicted octanol–water partition coefficient (Wildman–Crippen LogP) is 5.81. The van der Waals surface area contributed by atoms with E-state index in [4.69, 9.17) is 30.5 Å². The van der Waals surface area contributed by atoms with Gasteiger partial charge in [0.15, 0.2) is 16.3 Å². The molecule has 4 aromatic rings. The molecule has 0 fully saturated rings. The van der Waals surface area contributed by atoms with Gasteiger partial charge in [-0.25, -0.2) is 9.79 Å². The smallest absolute Gasteiger partial charge is 0.338 e. The first-order valence-electron chi connectivity index (χ1n) is 13.3. The van der Waals surface area contributed by atoms with Crippen LogP contribution in [0.1, 0.15) is 36.6 Å². The van der Waals surface area contributed by atoms with E-state index in [1.807, 2.05) is 42.5 Å². The zero-order valence-electron chi connectivity index (χ0n) is 23.9. The number of rotatable bonds is 9. The van der Waals surface area contributed by atoms with Gasteiger partial charge in [-0.15, -0.1) is 0 Å². The normalized spacial score (nSPS) is 14.7. The molecule has 2 heterocycles. The van der Waals surface area contributed by atoms with Crippen LogP contribution < -0.4 is 29.1 Å². The number of carbonyl (C=O) groups excluding carboxylic acids is 1. The third kappa shape index (κ3) is 6.41. The summed E-state index contributed by atoms with van der Waals surface area (Å²) >= 11 is 10.8. The van der Waals surface area contributed by atoms with Crippen LogP contribution >= 0.6 is 38.9 Å². The van der Waals surface area contributed by atoms with Crippen LogP contribution in [0, 0.1) is 0 Å². The number of methoxy groups -OCH3 is 2. The van der Waals surface area contributed by atoms with Crippen LogP contribution in [0.4, 0.5) is 0 Å². The number of fused-ring (bicyclic) bond motifs is 1. The van der Waals surface area contributed by atoms with Crippen molar-refractivity contribution < 1.29 is 23.7 Å². The molecule has 222 valence electrons. The zero-order valence-corrected chi connectivity index (χ0v) is 27.0. The molecule has 3 aromatic carbocycles. The van der Waals surface area contributed by atoms with E-state index < -0.39 is 12.0 Å². The first kappa shape index (κ1) is 30.6. The van der Waals surface area contributed by atoms with Gasteiger partial charge in [-0.1, -0.05) is 47.2 Å². The molecule has 0 radical (unpaired) electrons. The standard InChI is InChI=1S/C32H28BrClN2O6S/c1-5-41-31(38)28-18(2)35-32-36(29(28)21-9-13-25(39-3)26(16-21)40-4)30(37)27(43-32)15-20-8-12-24(23(33)14-20)42-17-19-6-10-22(34)11-7-19/h6-16,29H,5,17H2,1-4H3/b27-15-/t29-/m0/s1. The van der Waals surface area contributed by atoms with Crippen molar-refractivity contribution in [3.05, 3.63) is 118 Å². The average Bonchev–Trinajstić information content (AvgIpc) is 3.30. The quantitative estimate of drug-likeness (QED) is 0.207. The first-order valence-corrected chi connectivity index (χ1v) is 15.3. The lowest BCUT2D eigenvalue weighted by molar-refractivity contribution is -0.139. The fourth-order valence-corrected chi connectivity index (χ4v) is 6.43. The van der Waals surface area contributed by atoms with E-state index in [0.717, 1.165) is 15.6 Å². The summed E-state index contributed by atoms with van der Waals surface area (Å²) in [6.07, 6.45) is 1.80. The van der Waals surface area contributed by atoms with Crippen molar-refractivity contribution in [2.45, 2.75) is 26.5 Å². The SMILES string of the molecule is CCOC(=O)C1=C(C)N=c2s/c(=C\c3ccc(OCc4ccc(Cl)cc4)c(Br)c3)c(=O)n2[C@H]1c1ccc(OC)c(OC)c1. The van der Waals surface area contributed by atoms with Gasteiger partial charge in [-0.2, -0.15) is 0 Å². The molecule has 0 N–H and O–H groups in total. The van der Waals surface area contributed by atoms with Crippen LogP contribution in [-0.2, 0) is 16.1 Å². The van der Waals surface area contributed by atoms with Crippen LogP contribution in [0.15, 0.2) is 86.2 Å². The van der Waals surface area contributed by atoms with Gasteiger partial charge in [0.1, 0.15) is 12.4 Å². The fourth-order valence-electron chi connectivity index (χ4n) is 4.75. The Morgan fingerprint density at radius 3 is 2.44 bits per heavy atom. The number of hydrogen-bond donors (Lipinski definition) is 0.